The van der Waals surface area contributed by atoms with Gasteiger partial charge in [0.15, 0.2) is 0 Å². The second-order valence-electron chi connectivity index (χ2n) is 4.26. The predicted octanol–water partition coefficient (Wildman–Crippen LogP) is 2.58. The first kappa shape index (κ1) is 13.9. The molecule has 20 heavy (non-hydrogen) atoms. The van der Waals surface area contributed by atoms with Crippen LogP contribution in [0.15, 0.2) is 22.7 Å². The van der Waals surface area contributed by atoms with Crippen LogP contribution < -0.4 is 9.47 Å². The van der Waals surface area contributed by atoms with E-state index < -0.39 is 5.97 Å². The quantitative estimate of drug-likeness (QED) is 0.904. The predicted molar refractivity (Wildman–Crippen MR) is 70.3 cm³/mol. The second kappa shape index (κ2) is 5.64. The summed E-state index contributed by atoms with van der Waals surface area (Å²) >= 11 is 0. The number of hydrogen-bond donors (Lipinski definition) is 1. The number of aromatic nitrogens is 1. The highest BCUT2D eigenvalue weighted by atomic mass is 16.5. The number of nitrogens with zero attached hydrogens (tertiary/aromatic N) is 1. The van der Waals surface area contributed by atoms with Crippen LogP contribution in [0.5, 0.6) is 11.5 Å². The molecule has 0 fully saturated rings. The molecule has 0 unspecified atom stereocenters. The van der Waals surface area contributed by atoms with Gasteiger partial charge in [-0.15, -0.1) is 0 Å². The topological polar surface area (TPSA) is 81.8 Å². The van der Waals surface area contributed by atoms with E-state index in [9.17, 15) is 9.90 Å². The maximum atomic E-state index is 11.2. The normalized spacial score (nSPS) is 10.3. The molecular formula is C14H15NO5. The highest BCUT2D eigenvalue weighted by Crippen LogP contribution is 2.25. The van der Waals surface area contributed by atoms with Crippen molar-refractivity contribution in [2.45, 2.75) is 20.5 Å². The molecule has 0 bridgehead atoms. The SMILES string of the molecule is COc1ccc(OCc2c(C)noc2C)c(C(=O)O)c1. The molecular weight excluding hydrogens is 262 g/mol. The van der Waals surface area contributed by atoms with Gasteiger partial charge in [0.1, 0.15) is 29.4 Å². The third-order valence-electron chi connectivity index (χ3n) is 2.97. The van der Waals surface area contributed by atoms with Crippen LogP contribution in [-0.4, -0.2) is 23.3 Å². The van der Waals surface area contributed by atoms with Gasteiger partial charge in [-0.3, -0.25) is 0 Å². The molecule has 0 aliphatic rings. The molecule has 2 aromatic rings. The number of ether oxygens (including phenoxy) is 2. The summed E-state index contributed by atoms with van der Waals surface area (Å²) in [6.45, 7) is 3.79. The van der Waals surface area contributed by atoms with Gasteiger partial charge in [0, 0.05) is 0 Å². The molecule has 1 N–H and O–H groups in total. The number of methoxy groups -OCH3 is 1. The van der Waals surface area contributed by atoms with Crippen LogP contribution in [0.4, 0.5) is 0 Å². The first-order valence-electron chi connectivity index (χ1n) is 5.98. The van der Waals surface area contributed by atoms with Gasteiger partial charge in [-0.25, -0.2) is 4.79 Å². The van der Waals surface area contributed by atoms with Crippen molar-refractivity contribution in [1.29, 1.82) is 0 Å². The Labute approximate surface area is 115 Å². The summed E-state index contributed by atoms with van der Waals surface area (Å²) in [6.07, 6.45) is 0. The van der Waals surface area contributed by atoms with Crippen molar-refractivity contribution in [2.75, 3.05) is 7.11 Å². The fraction of sp³-hybridized carbons (Fsp3) is 0.286. The number of aromatic carboxylic acids is 1. The van der Waals surface area contributed by atoms with Gasteiger partial charge in [0.05, 0.1) is 18.4 Å². The molecule has 0 aliphatic heterocycles. The summed E-state index contributed by atoms with van der Waals surface area (Å²) in [7, 11) is 1.48. The van der Waals surface area contributed by atoms with E-state index in [0.717, 1.165) is 11.3 Å². The molecule has 1 aromatic carbocycles. The molecule has 0 radical (unpaired) electrons. The van der Waals surface area contributed by atoms with Crippen LogP contribution in [0.25, 0.3) is 0 Å². The van der Waals surface area contributed by atoms with Gasteiger partial charge >= 0.3 is 5.97 Å². The molecule has 0 aliphatic carbocycles. The van der Waals surface area contributed by atoms with Gasteiger partial charge in [-0.1, -0.05) is 5.16 Å². The van der Waals surface area contributed by atoms with E-state index in [1.807, 2.05) is 0 Å². The minimum Gasteiger partial charge on any atom is -0.497 e. The van der Waals surface area contributed by atoms with E-state index in [2.05, 4.69) is 5.16 Å². The Kier molecular flexibility index (Phi) is 3.93. The van der Waals surface area contributed by atoms with Crippen LogP contribution in [0.2, 0.25) is 0 Å². The highest BCUT2D eigenvalue weighted by molar-refractivity contribution is 5.91. The Bertz CT molecular complexity index is 613. The average Bonchev–Trinajstić information content (AvgIpc) is 2.75. The van der Waals surface area contributed by atoms with Gasteiger partial charge in [-0.2, -0.15) is 0 Å². The summed E-state index contributed by atoms with van der Waals surface area (Å²) in [4.78, 5) is 11.2. The standard InChI is InChI=1S/C14H15NO5/c1-8-12(9(2)20-15-8)7-19-13-5-4-10(18-3)6-11(13)14(16)17/h4-6H,7H2,1-3H3,(H,16,17). The van der Waals surface area contributed by atoms with Crippen molar-refractivity contribution < 1.29 is 23.9 Å². The third-order valence-corrected chi connectivity index (χ3v) is 2.97. The lowest BCUT2D eigenvalue weighted by molar-refractivity contribution is 0.0691. The summed E-state index contributed by atoms with van der Waals surface area (Å²) in [6, 6.07) is 4.64. The highest BCUT2D eigenvalue weighted by Gasteiger charge is 2.15. The Morgan fingerprint density at radius 3 is 2.70 bits per heavy atom. The minimum absolute atomic E-state index is 0.0520. The average molecular weight is 277 g/mol. The van der Waals surface area contributed by atoms with Crippen molar-refractivity contribution in [2.24, 2.45) is 0 Å². The number of carbonyl (C=O) groups is 1. The van der Waals surface area contributed by atoms with Gasteiger partial charge < -0.3 is 19.1 Å². The zero-order valence-corrected chi connectivity index (χ0v) is 11.5. The molecule has 6 heteroatoms. The number of hydrogen-bond acceptors (Lipinski definition) is 5. The largest absolute Gasteiger partial charge is 0.497 e. The van der Waals surface area contributed by atoms with E-state index in [0.29, 0.717) is 11.5 Å². The summed E-state index contributed by atoms with van der Waals surface area (Å²) in [5, 5.41) is 13.0. The summed E-state index contributed by atoms with van der Waals surface area (Å²) < 4.78 is 15.6. The lowest BCUT2D eigenvalue weighted by atomic mass is 10.2. The molecule has 0 amide bonds. The molecule has 2 rings (SSSR count). The van der Waals surface area contributed by atoms with Gasteiger partial charge in [0.25, 0.3) is 0 Å². The maximum Gasteiger partial charge on any atom is 0.339 e. The first-order chi connectivity index (χ1) is 9.52. The lowest BCUT2D eigenvalue weighted by Gasteiger charge is -2.10. The number of carboxylic acid groups (broad SMARTS) is 1. The number of rotatable bonds is 5. The van der Waals surface area contributed by atoms with Crippen LogP contribution in [-0.2, 0) is 6.61 Å². The molecule has 1 aromatic heterocycles. The maximum absolute atomic E-state index is 11.2. The lowest BCUT2D eigenvalue weighted by Crippen LogP contribution is -2.04. The molecule has 106 valence electrons. The Morgan fingerprint density at radius 1 is 1.40 bits per heavy atom. The molecule has 0 atom stereocenters. The van der Waals surface area contributed by atoms with Crippen molar-refractivity contribution in [3.63, 3.8) is 0 Å². The molecule has 0 saturated heterocycles. The zero-order chi connectivity index (χ0) is 14.7. The number of aryl methyl sites for hydroxylation is 2. The fourth-order valence-corrected chi connectivity index (χ4v) is 1.79. The monoisotopic (exact) mass is 277 g/mol. The van der Waals surface area contributed by atoms with Crippen molar-refractivity contribution in [3.8, 4) is 11.5 Å². The third kappa shape index (κ3) is 2.74. The molecule has 0 spiro atoms. The van der Waals surface area contributed by atoms with Crippen molar-refractivity contribution in [1.82, 2.24) is 5.16 Å². The van der Waals surface area contributed by atoms with Crippen molar-refractivity contribution in [3.05, 3.63) is 40.8 Å². The molecule has 0 saturated carbocycles. The first-order valence-corrected chi connectivity index (χ1v) is 5.98. The Morgan fingerprint density at radius 2 is 2.15 bits per heavy atom. The van der Waals surface area contributed by atoms with Crippen LogP contribution in [0, 0.1) is 13.8 Å². The van der Waals surface area contributed by atoms with E-state index in [-0.39, 0.29) is 17.9 Å². The van der Waals surface area contributed by atoms with Crippen LogP contribution >= 0.6 is 0 Å². The van der Waals surface area contributed by atoms with E-state index in [4.69, 9.17) is 14.0 Å². The summed E-state index contributed by atoms with van der Waals surface area (Å²) in [5.41, 5.74) is 1.60. The van der Waals surface area contributed by atoms with E-state index in [1.165, 1.54) is 13.2 Å². The summed E-state index contributed by atoms with van der Waals surface area (Å²) in [5.74, 6) is 0.330. The fourth-order valence-electron chi connectivity index (χ4n) is 1.79. The van der Waals surface area contributed by atoms with Crippen LogP contribution in [0.1, 0.15) is 27.4 Å². The van der Waals surface area contributed by atoms with Gasteiger partial charge in [-0.05, 0) is 32.0 Å². The van der Waals surface area contributed by atoms with Gasteiger partial charge in [0.2, 0.25) is 0 Å². The Hall–Kier alpha value is -2.50. The number of benzene rings is 1. The molecule has 6 nitrogen and oxygen atoms in total. The molecule has 1 heterocycles. The van der Waals surface area contributed by atoms with E-state index in [1.54, 1.807) is 26.0 Å². The van der Waals surface area contributed by atoms with E-state index >= 15 is 0 Å². The van der Waals surface area contributed by atoms with Crippen molar-refractivity contribution >= 4 is 5.97 Å². The Balaban J connectivity index is 2.23. The second-order valence-corrected chi connectivity index (χ2v) is 4.26. The smallest absolute Gasteiger partial charge is 0.339 e. The van der Waals surface area contributed by atoms with Crippen LogP contribution in [0.3, 0.4) is 0 Å². The minimum atomic E-state index is -1.07. The number of carboxylic acids is 1. The zero-order valence-electron chi connectivity index (χ0n) is 11.5.